The highest BCUT2D eigenvalue weighted by molar-refractivity contribution is 7.92. The molecule has 1 amide bonds. The lowest BCUT2D eigenvalue weighted by Crippen LogP contribution is -2.44. The van der Waals surface area contributed by atoms with Gasteiger partial charge in [0, 0.05) is 5.92 Å². The Morgan fingerprint density at radius 1 is 1.30 bits per heavy atom. The highest BCUT2D eigenvalue weighted by Gasteiger charge is 2.75. The van der Waals surface area contributed by atoms with E-state index in [9.17, 15) is 33.5 Å². The molecule has 5 atom stereocenters. The third kappa shape index (κ3) is 2.63. The molecule has 0 aliphatic heterocycles. The van der Waals surface area contributed by atoms with E-state index in [1.54, 1.807) is 12.1 Å². The minimum atomic E-state index is -4.03. The van der Waals surface area contributed by atoms with Crippen molar-refractivity contribution in [1.29, 1.82) is 5.26 Å². The van der Waals surface area contributed by atoms with E-state index in [1.165, 1.54) is 18.2 Å². The molecule has 0 saturated heterocycles. The van der Waals surface area contributed by atoms with Crippen LogP contribution in [0.4, 0.5) is 0 Å². The number of aliphatic hydroxyl groups is 1. The van der Waals surface area contributed by atoms with Crippen LogP contribution in [-0.2, 0) is 19.4 Å². The molecule has 4 N–H and O–H groups in total. The van der Waals surface area contributed by atoms with E-state index in [0.717, 1.165) is 0 Å². The number of aliphatic hydroxyl groups excluding tert-OH is 1. The van der Waals surface area contributed by atoms with Gasteiger partial charge < -0.3 is 15.9 Å². The predicted molar refractivity (Wildman–Crippen MR) is 93.1 cm³/mol. The fourth-order valence-electron chi connectivity index (χ4n) is 4.24. The number of rotatable bonds is 5. The van der Waals surface area contributed by atoms with Crippen molar-refractivity contribution < 1.29 is 28.2 Å². The van der Waals surface area contributed by atoms with Crippen LogP contribution in [0, 0.1) is 28.1 Å². The lowest BCUT2D eigenvalue weighted by molar-refractivity contribution is -0.157. The number of nitrogens with two attached hydrogens (primary N) is 1. The fourth-order valence-corrected chi connectivity index (χ4v) is 6.59. The van der Waals surface area contributed by atoms with Crippen molar-refractivity contribution in [3.63, 3.8) is 0 Å². The number of carbonyl (C=O) groups excluding carboxylic acids is 1. The van der Waals surface area contributed by atoms with Gasteiger partial charge in [-0.25, -0.2) is 8.42 Å². The lowest BCUT2D eigenvalue weighted by Gasteiger charge is -2.29. The van der Waals surface area contributed by atoms with Gasteiger partial charge >= 0.3 is 5.97 Å². The average Bonchev–Trinajstić information content (AvgIpc) is 3.25. The van der Waals surface area contributed by atoms with Crippen molar-refractivity contribution in [3.8, 4) is 6.07 Å². The number of hydrogen-bond donors (Lipinski definition) is 3. The fraction of sp³-hybridized carbons (Fsp3) is 0.471. The van der Waals surface area contributed by atoms with Crippen LogP contribution in [0.5, 0.6) is 0 Å². The number of carbonyl (C=O) groups is 2. The normalized spacial score (nSPS) is 35.4. The number of halogens is 1. The summed E-state index contributed by atoms with van der Waals surface area (Å²) in [6.07, 6.45) is -2.44. The molecule has 2 aliphatic carbocycles. The van der Waals surface area contributed by atoms with Crippen LogP contribution in [0.3, 0.4) is 0 Å². The second-order valence-corrected chi connectivity index (χ2v) is 9.71. The molecule has 2 aliphatic rings. The summed E-state index contributed by atoms with van der Waals surface area (Å²) in [5, 5.41) is 28.5. The van der Waals surface area contributed by atoms with Crippen molar-refractivity contribution in [2.24, 2.45) is 22.5 Å². The minimum Gasteiger partial charge on any atom is -0.481 e. The number of sulfone groups is 1. The van der Waals surface area contributed by atoms with Crippen LogP contribution < -0.4 is 5.73 Å². The molecule has 0 heterocycles. The molecule has 0 bridgehead atoms. The van der Waals surface area contributed by atoms with E-state index >= 15 is 0 Å². The Kier molecular flexibility index (Phi) is 4.50. The monoisotopic (exact) mass is 412 g/mol. The zero-order chi connectivity index (χ0) is 20.2. The predicted octanol–water partition coefficient (Wildman–Crippen LogP) is 0.723. The molecule has 0 spiro atoms. The lowest BCUT2D eigenvalue weighted by atomic mass is 9.75. The number of hydrogen-bond acceptors (Lipinski definition) is 6. The third-order valence-corrected chi connectivity index (χ3v) is 8.50. The van der Waals surface area contributed by atoms with Crippen molar-refractivity contribution in [2.75, 3.05) is 0 Å². The number of nitriles is 1. The van der Waals surface area contributed by atoms with Gasteiger partial charge in [-0.15, -0.1) is 0 Å². The Balaban J connectivity index is 2.02. The van der Waals surface area contributed by atoms with Crippen molar-refractivity contribution in [2.45, 2.75) is 35.5 Å². The molecule has 8 nitrogen and oxygen atoms in total. The maximum Gasteiger partial charge on any atom is 0.312 e. The molecule has 10 heteroatoms. The summed E-state index contributed by atoms with van der Waals surface area (Å²) < 4.78 is 25.9. The Morgan fingerprint density at radius 2 is 1.93 bits per heavy atom. The van der Waals surface area contributed by atoms with Gasteiger partial charge in [-0.1, -0.05) is 23.7 Å². The molecule has 1 aromatic carbocycles. The first-order valence-electron chi connectivity index (χ1n) is 8.15. The number of amides is 1. The van der Waals surface area contributed by atoms with Gasteiger partial charge in [0.05, 0.1) is 32.8 Å². The number of carboxylic acids is 1. The van der Waals surface area contributed by atoms with Crippen LogP contribution in [0.1, 0.15) is 19.3 Å². The van der Waals surface area contributed by atoms with E-state index in [1.807, 2.05) is 0 Å². The average molecular weight is 413 g/mol. The number of nitrogens with zero attached hydrogens (tertiary/aromatic N) is 1. The van der Waals surface area contributed by atoms with Gasteiger partial charge in [-0.2, -0.15) is 5.26 Å². The third-order valence-electron chi connectivity index (χ3n) is 5.85. The highest BCUT2D eigenvalue weighted by Crippen LogP contribution is 2.66. The van der Waals surface area contributed by atoms with Gasteiger partial charge in [0.1, 0.15) is 5.41 Å². The molecule has 27 heavy (non-hydrogen) atoms. The zero-order valence-corrected chi connectivity index (χ0v) is 15.6. The van der Waals surface area contributed by atoms with Crippen LogP contribution in [0.2, 0.25) is 5.02 Å². The van der Waals surface area contributed by atoms with Gasteiger partial charge in [-0.3, -0.25) is 9.59 Å². The van der Waals surface area contributed by atoms with E-state index in [4.69, 9.17) is 17.3 Å². The van der Waals surface area contributed by atoms with E-state index < -0.39 is 56.2 Å². The standard InChI is InChI=1S/C17H17ClN2O6S/c18-10-3-1-2-4-11(10)27(25,26)9-5-13(21)17(6-9,15(23)24)12-7-16(12,8-19)14(20)22/h1-4,9,12-13,21H,5-7H2,(H2,20,22)(H,23,24)/t9-,12?,13-,16?,17-/m1/s1. The van der Waals surface area contributed by atoms with Crippen LogP contribution in [0.15, 0.2) is 29.2 Å². The van der Waals surface area contributed by atoms with E-state index in [2.05, 4.69) is 0 Å². The number of primary amides is 1. The summed E-state index contributed by atoms with van der Waals surface area (Å²) in [5.41, 5.74) is 1.62. The smallest absolute Gasteiger partial charge is 0.312 e. The second kappa shape index (κ2) is 6.19. The largest absolute Gasteiger partial charge is 0.481 e. The van der Waals surface area contributed by atoms with Gasteiger partial charge in [-0.05, 0) is 31.4 Å². The second-order valence-electron chi connectivity index (χ2n) is 7.10. The molecule has 2 saturated carbocycles. The Bertz CT molecular complexity index is 974. The van der Waals surface area contributed by atoms with Crippen LogP contribution >= 0.6 is 11.6 Å². The number of aliphatic carboxylic acids is 1. The zero-order valence-electron chi connectivity index (χ0n) is 14.0. The van der Waals surface area contributed by atoms with E-state index in [-0.39, 0.29) is 22.8 Å². The highest BCUT2D eigenvalue weighted by atomic mass is 35.5. The minimum absolute atomic E-state index is 0.00487. The van der Waals surface area contributed by atoms with Crippen molar-refractivity contribution in [3.05, 3.63) is 29.3 Å². The summed E-state index contributed by atoms with van der Waals surface area (Å²) in [6, 6.07) is 7.52. The van der Waals surface area contributed by atoms with Crippen LogP contribution in [-0.4, -0.2) is 41.9 Å². The van der Waals surface area contributed by atoms with Crippen LogP contribution in [0.25, 0.3) is 0 Å². The topological polar surface area (TPSA) is 159 Å². The molecule has 144 valence electrons. The van der Waals surface area contributed by atoms with Gasteiger partial charge in [0.15, 0.2) is 9.84 Å². The molecule has 1 aromatic rings. The Labute approximate surface area is 160 Å². The molecule has 0 aromatic heterocycles. The quantitative estimate of drug-likeness (QED) is 0.642. The first kappa shape index (κ1) is 19.6. The van der Waals surface area contributed by atoms with Gasteiger partial charge in [0.2, 0.25) is 5.91 Å². The summed E-state index contributed by atoms with van der Waals surface area (Å²) in [6.45, 7) is 0. The SMILES string of the molecule is N#CC1(C(N)=O)CC1[C@]1(C(=O)O)C[C@H](S(=O)(=O)c2ccccc2Cl)C[C@H]1O. The maximum atomic E-state index is 13.0. The van der Waals surface area contributed by atoms with Crippen molar-refractivity contribution in [1.82, 2.24) is 0 Å². The summed E-state index contributed by atoms with van der Waals surface area (Å²) in [5.74, 6) is -3.47. The molecule has 2 unspecified atom stereocenters. The summed E-state index contributed by atoms with van der Waals surface area (Å²) in [7, 11) is -4.03. The molecular formula is C17H17ClN2O6S. The maximum absolute atomic E-state index is 13.0. The molecule has 0 radical (unpaired) electrons. The summed E-state index contributed by atoms with van der Waals surface area (Å²) >= 11 is 5.98. The van der Waals surface area contributed by atoms with E-state index in [0.29, 0.717) is 0 Å². The molecule has 3 rings (SSSR count). The molecular weight excluding hydrogens is 396 g/mol. The first-order valence-corrected chi connectivity index (χ1v) is 10.1. The number of benzene rings is 1. The molecule has 2 fully saturated rings. The Hall–Kier alpha value is -2.15. The van der Waals surface area contributed by atoms with Gasteiger partial charge in [0.25, 0.3) is 0 Å². The Morgan fingerprint density at radius 3 is 2.41 bits per heavy atom. The van der Waals surface area contributed by atoms with Crippen molar-refractivity contribution >= 4 is 33.3 Å². The number of carboxylic acid groups (broad SMARTS) is 1. The summed E-state index contributed by atoms with van der Waals surface area (Å²) in [4.78, 5) is 23.6. The first-order chi connectivity index (χ1) is 12.5.